The highest BCUT2D eigenvalue weighted by Crippen LogP contribution is 2.27. The molecule has 0 saturated carbocycles. The first kappa shape index (κ1) is 18.2. The summed E-state index contributed by atoms with van der Waals surface area (Å²) in [5.74, 6) is 2.10. The molecular weight excluding hydrogens is 358 g/mol. The zero-order valence-corrected chi connectivity index (χ0v) is 16.0. The molecule has 1 aliphatic heterocycles. The maximum atomic E-state index is 12.6. The number of benzene rings is 1. The van der Waals surface area contributed by atoms with Crippen LogP contribution in [0.4, 0.5) is 0 Å². The largest absolute Gasteiger partial charge is 0.493 e. The summed E-state index contributed by atoms with van der Waals surface area (Å²) < 4.78 is 12.8. The molecular formula is C20H23N5O3. The van der Waals surface area contributed by atoms with Crippen LogP contribution >= 0.6 is 0 Å². The van der Waals surface area contributed by atoms with Crippen molar-refractivity contribution in [1.29, 1.82) is 0 Å². The Bertz CT molecular complexity index is 964. The average Bonchev–Trinajstić information content (AvgIpc) is 3.41. The van der Waals surface area contributed by atoms with E-state index in [0.717, 1.165) is 17.7 Å². The lowest BCUT2D eigenvalue weighted by molar-refractivity contribution is 0.0778. The van der Waals surface area contributed by atoms with E-state index >= 15 is 0 Å². The first-order valence-corrected chi connectivity index (χ1v) is 9.39. The molecule has 0 spiro atoms. The number of nitrogens with zero attached hydrogens (tertiary/aromatic N) is 5. The van der Waals surface area contributed by atoms with Gasteiger partial charge < -0.3 is 14.2 Å². The second kappa shape index (κ2) is 7.84. The van der Waals surface area contributed by atoms with E-state index in [0.29, 0.717) is 43.5 Å². The summed E-state index contributed by atoms with van der Waals surface area (Å²) in [7, 11) is 1.77. The Morgan fingerprint density at radius 1 is 1.36 bits per heavy atom. The average molecular weight is 381 g/mol. The van der Waals surface area contributed by atoms with Gasteiger partial charge >= 0.3 is 0 Å². The second-order valence-corrected chi connectivity index (χ2v) is 7.04. The molecule has 3 heterocycles. The first-order valence-electron chi connectivity index (χ1n) is 9.39. The molecule has 0 aliphatic carbocycles. The predicted octanol–water partition coefficient (Wildman–Crippen LogP) is 2.36. The highest BCUT2D eigenvalue weighted by Gasteiger charge is 2.32. The first-order chi connectivity index (χ1) is 13.6. The van der Waals surface area contributed by atoms with E-state index in [2.05, 4.69) is 15.2 Å². The molecule has 1 fully saturated rings. The zero-order chi connectivity index (χ0) is 19.5. The van der Waals surface area contributed by atoms with Crippen molar-refractivity contribution < 1.29 is 14.1 Å². The molecule has 3 aromatic rings. The highest BCUT2D eigenvalue weighted by atomic mass is 16.5. The number of amides is 1. The fraction of sp³-hybridized carbons (Fsp3) is 0.400. The van der Waals surface area contributed by atoms with Gasteiger partial charge in [-0.15, -0.1) is 0 Å². The molecule has 1 aliphatic rings. The van der Waals surface area contributed by atoms with Gasteiger partial charge in [0.15, 0.2) is 5.82 Å². The van der Waals surface area contributed by atoms with Crippen LogP contribution in [0.5, 0.6) is 5.75 Å². The third-order valence-corrected chi connectivity index (χ3v) is 4.93. The van der Waals surface area contributed by atoms with E-state index in [1.165, 1.54) is 0 Å². The van der Waals surface area contributed by atoms with E-state index in [1.54, 1.807) is 24.0 Å². The van der Waals surface area contributed by atoms with Crippen LogP contribution in [0.15, 0.2) is 41.1 Å². The van der Waals surface area contributed by atoms with Crippen molar-refractivity contribution in [2.75, 3.05) is 19.7 Å². The fourth-order valence-electron chi connectivity index (χ4n) is 3.39. The van der Waals surface area contributed by atoms with Crippen LogP contribution in [0, 0.1) is 6.92 Å². The van der Waals surface area contributed by atoms with Crippen LogP contribution in [0.3, 0.4) is 0 Å². The van der Waals surface area contributed by atoms with Gasteiger partial charge in [0.2, 0.25) is 5.89 Å². The number of aryl methyl sites for hydroxylation is 2. The van der Waals surface area contributed by atoms with Gasteiger partial charge in [-0.05, 0) is 37.1 Å². The second-order valence-electron chi connectivity index (χ2n) is 7.04. The third kappa shape index (κ3) is 3.90. The Labute approximate surface area is 163 Å². The minimum atomic E-state index is -0.0196. The Morgan fingerprint density at radius 2 is 2.25 bits per heavy atom. The monoisotopic (exact) mass is 381 g/mol. The molecule has 146 valence electrons. The van der Waals surface area contributed by atoms with Crippen molar-refractivity contribution >= 4 is 5.91 Å². The molecule has 8 heteroatoms. The number of aromatic nitrogens is 4. The number of carbonyl (C=O) groups excluding carboxylic acids is 1. The molecule has 4 rings (SSSR count). The Kier molecular flexibility index (Phi) is 5.10. The summed E-state index contributed by atoms with van der Waals surface area (Å²) in [6.45, 7) is 3.76. The lowest BCUT2D eigenvalue weighted by Gasteiger charge is -2.15. The maximum Gasteiger partial charge on any atom is 0.272 e. The summed E-state index contributed by atoms with van der Waals surface area (Å²) in [5, 5.41) is 8.12. The van der Waals surface area contributed by atoms with Crippen LogP contribution in [-0.4, -0.2) is 50.4 Å². The number of hydrogen-bond donors (Lipinski definition) is 0. The van der Waals surface area contributed by atoms with Gasteiger partial charge in [-0.3, -0.25) is 9.48 Å². The van der Waals surface area contributed by atoms with Gasteiger partial charge in [-0.2, -0.15) is 10.1 Å². The van der Waals surface area contributed by atoms with E-state index < -0.39 is 0 Å². The Balaban J connectivity index is 1.31. The van der Waals surface area contributed by atoms with E-state index in [4.69, 9.17) is 9.26 Å². The molecule has 8 nitrogen and oxygen atoms in total. The van der Waals surface area contributed by atoms with Gasteiger partial charge in [0, 0.05) is 32.8 Å². The number of carbonyl (C=O) groups is 1. The lowest BCUT2D eigenvalue weighted by atomic mass is 10.1. The molecule has 0 N–H and O–H groups in total. The molecule has 1 atom stereocenters. The van der Waals surface area contributed by atoms with Gasteiger partial charge in [0.25, 0.3) is 5.91 Å². The van der Waals surface area contributed by atoms with Crippen molar-refractivity contribution in [1.82, 2.24) is 24.8 Å². The summed E-state index contributed by atoms with van der Waals surface area (Å²) in [6, 6.07) is 9.65. The third-order valence-electron chi connectivity index (χ3n) is 4.93. The molecule has 2 aromatic heterocycles. The van der Waals surface area contributed by atoms with Crippen LogP contribution < -0.4 is 4.74 Å². The van der Waals surface area contributed by atoms with Crippen molar-refractivity contribution in [3.05, 3.63) is 59.5 Å². The number of likely N-dealkylation sites (tertiary alicyclic amines) is 1. The maximum absolute atomic E-state index is 12.6. The summed E-state index contributed by atoms with van der Waals surface area (Å²) in [5.41, 5.74) is 1.74. The summed E-state index contributed by atoms with van der Waals surface area (Å²) in [6.07, 6.45) is 3.01. The molecule has 28 heavy (non-hydrogen) atoms. The standard InChI is InChI=1S/C20H23N5O3/c1-14-4-3-5-16(12-14)27-11-8-18-22-19(28-23-18)15-7-10-25(13-15)20(26)17-6-9-21-24(17)2/h3-6,9,12,15H,7-8,10-11,13H2,1-2H3. The van der Waals surface area contributed by atoms with E-state index in [-0.39, 0.29) is 11.8 Å². The van der Waals surface area contributed by atoms with Gasteiger partial charge in [-0.1, -0.05) is 17.3 Å². The summed E-state index contributed by atoms with van der Waals surface area (Å²) >= 11 is 0. The topological polar surface area (TPSA) is 86.3 Å². The van der Waals surface area contributed by atoms with E-state index in [9.17, 15) is 4.79 Å². The van der Waals surface area contributed by atoms with Crippen LogP contribution in [-0.2, 0) is 13.5 Å². The van der Waals surface area contributed by atoms with Crippen LogP contribution in [0.1, 0.15) is 40.1 Å². The SMILES string of the molecule is Cc1cccc(OCCc2noc(C3CCN(C(=O)c4ccnn4C)C3)n2)c1. The van der Waals surface area contributed by atoms with E-state index in [1.807, 2.05) is 36.1 Å². The number of ether oxygens (including phenoxy) is 1. The molecule has 0 radical (unpaired) electrons. The predicted molar refractivity (Wildman–Crippen MR) is 101 cm³/mol. The Hall–Kier alpha value is -3.16. The van der Waals surface area contributed by atoms with Gasteiger partial charge in [0.1, 0.15) is 11.4 Å². The summed E-state index contributed by atoms with van der Waals surface area (Å²) in [4.78, 5) is 18.9. The minimum Gasteiger partial charge on any atom is -0.493 e. The van der Waals surface area contributed by atoms with Crippen LogP contribution in [0.2, 0.25) is 0 Å². The molecule has 1 amide bonds. The van der Waals surface area contributed by atoms with Crippen molar-refractivity contribution in [3.63, 3.8) is 0 Å². The minimum absolute atomic E-state index is 0.0196. The van der Waals surface area contributed by atoms with Crippen molar-refractivity contribution in [3.8, 4) is 5.75 Å². The molecule has 0 bridgehead atoms. The van der Waals surface area contributed by atoms with Crippen molar-refractivity contribution in [2.24, 2.45) is 7.05 Å². The molecule has 1 unspecified atom stereocenters. The Morgan fingerprint density at radius 3 is 3.04 bits per heavy atom. The number of hydrogen-bond acceptors (Lipinski definition) is 6. The van der Waals surface area contributed by atoms with Crippen molar-refractivity contribution in [2.45, 2.75) is 25.7 Å². The lowest BCUT2D eigenvalue weighted by Crippen LogP contribution is -2.30. The fourth-order valence-corrected chi connectivity index (χ4v) is 3.39. The van der Waals surface area contributed by atoms with Gasteiger partial charge in [0.05, 0.1) is 12.5 Å². The zero-order valence-electron chi connectivity index (χ0n) is 16.0. The normalized spacial score (nSPS) is 16.5. The number of rotatable bonds is 6. The highest BCUT2D eigenvalue weighted by molar-refractivity contribution is 5.92. The smallest absolute Gasteiger partial charge is 0.272 e. The molecule has 1 saturated heterocycles. The van der Waals surface area contributed by atoms with Gasteiger partial charge in [-0.25, -0.2) is 0 Å². The quantitative estimate of drug-likeness (QED) is 0.652. The molecule has 1 aromatic carbocycles. The van der Waals surface area contributed by atoms with Crippen LogP contribution in [0.25, 0.3) is 0 Å².